The summed E-state index contributed by atoms with van der Waals surface area (Å²) in [6.45, 7) is 0. The Bertz CT molecular complexity index is 757. The summed E-state index contributed by atoms with van der Waals surface area (Å²) < 4.78 is 32.1. The second kappa shape index (κ2) is 4.47. The second-order valence-corrected chi connectivity index (χ2v) is 4.88. The maximum absolute atomic E-state index is 13.1. The number of hydrogen-bond acceptors (Lipinski definition) is 4. The van der Waals surface area contributed by atoms with E-state index >= 15 is 0 Å². The van der Waals surface area contributed by atoms with Crippen LogP contribution in [0.15, 0.2) is 36.4 Å². The van der Waals surface area contributed by atoms with Gasteiger partial charge < -0.3 is 10.5 Å². The van der Waals surface area contributed by atoms with Crippen molar-refractivity contribution in [2.24, 2.45) is 0 Å². The lowest BCUT2D eigenvalue weighted by Gasteiger charge is -2.01. The smallest absolute Gasteiger partial charge is 0.279 e. The number of nitrogen functional groups attached to an aromatic ring is 1. The first-order chi connectivity index (χ1) is 9.11. The number of anilines is 1. The van der Waals surface area contributed by atoms with Crippen molar-refractivity contribution in [3.8, 4) is 10.9 Å². The molecule has 3 nitrogen and oxygen atoms in total. The number of rotatable bonds is 2. The number of ether oxygens (including phenoxy) is 1. The van der Waals surface area contributed by atoms with E-state index in [1.54, 1.807) is 18.2 Å². The molecule has 96 valence electrons. The number of nitrogens with zero attached hydrogens (tertiary/aromatic N) is 1. The van der Waals surface area contributed by atoms with Crippen LogP contribution in [0.3, 0.4) is 0 Å². The van der Waals surface area contributed by atoms with Crippen LogP contribution in [-0.4, -0.2) is 4.98 Å². The first kappa shape index (κ1) is 11.9. The van der Waals surface area contributed by atoms with Gasteiger partial charge in [-0.25, -0.2) is 13.8 Å². The van der Waals surface area contributed by atoms with Crippen LogP contribution in [0.5, 0.6) is 10.9 Å². The van der Waals surface area contributed by atoms with Crippen LogP contribution >= 0.6 is 11.3 Å². The topological polar surface area (TPSA) is 48.1 Å². The molecule has 0 radical (unpaired) electrons. The molecular formula is C13H8F2N2OS. The van der Waals surface area contributed by atoms with Crippen LogP contribution in [0.1, 0.15) is 0 Å². The molecule has 0 amide bonds. The molecule has 0 saturated heterocycles. The van der Waals surface area contributed by atoms with Gasteiger partial charge in [0.15, 0.2) is 11.6 Å². The van der Waals surface area contributed by atoms with Crippen molar-refractivity contribution in [3.05, 3.63) is 48.0 Å². The molecule has 3 rings (SSSR count). The molecule has 0 unspecified atom stereocenters. The molecule has 0 saturated carbocycles. The fourth-order valence-corrected chi connectivity index (χ4v) is 2.49. The molecule has 3 aromatic rings. The Hall–Kier alpha value is -2.21. The van der Waals surface area contributed by atoms with Gasteiger partial charge in [0.05, 0.1) is 10.2 Å². The van der Waals surface area contributed by atoms with E-state index in [9.17, 15) is 8.78 Å². The van der Waals surface area contributed by atoms with Gasteiger partial charge >= 0.3 is 0 Å². The zero-order valence-electron chi connectivity index (χ0n) is 9.56. The van der Waals surface area contributed by atoms with Gasteiger partial charge in [-0.3, -0.25) is 0 Å². The number of nitrogens with two attached hydrogens (primary N) is 1. The average Bonchev–Trinajstić information content (AvgIpc) is 2.75. The SMILES string of the molecule is Nc1ccc2nc(Oc3ccc(F)c(F)c3)sc2c1. The lowest BCUT2D eigenvalue weighted by atomic mass is 10.3. The van der Waals surface area contributed by atoms with Crippen LogP contribution < -0.4 is 10.5 Å². The Labute approximate surface area is 111 Å². The molecule has 19 heavy (non-hydrogen) atoms. The molecule has 0 bridgehead atoms. The van der Waals surface area contributed by atoms with Crippen LogP contribution in [0.2, 0.25) is 0 Å². The predicted octanol–water partition coefficient (Wildman–Crippen LogP) is 3.95. The average molecular weight is 278 g/mol. The lowest BCUT2D eigenvalue weighted by Crippen LogP contribution is -1.87. The van der Waals surface area contributed by atoms with Gasteiger partial charge in [0.2, 0.25) is 0 Å². The Morgan fingerprint density at radius 1 is 1.05 bits per heavy atom. The van der Waals surface area contributed by atoms with E-state index in [1.165, 1.54) is 17.4 Å². The van der Waals surface area contributed by atoms with Crippen molar-refractivity contribution in [2.75, 3.05) is 5.73 Å². The molecule has 1 heterocycles. The summed E-state index contributed by atoms with van der Waals surface area (Å²) in [5.74, 6) is -1.67. The third kappa shape index (κ3) is 2.34. The minimum absolute atomic E-state index is 0.200. The van der Waals surface area contributed by atoms with Gasteiger partial charge in [0.25, 0.3) is 5.19 Å². The van der Waals surface area contributed by atoms with E-state index < -0.39 is 11.6 Å². The van der Waals surface area contributed by atoms with Crippen molar-refractivity contribution in [3.63, 3.8) is 0 Å². The first-order valence-electron chi connectivity index (χ1n) is 5.41. The molecule has 0 spiro atoms. The minimum Gasteiger partial charge on any atom is -0.431 e. The highest BCUT2D eigenvalue weighted by atomic mass is 32.1. The third-order valence-corrected chi connectivity index (χ3v) is 3.39. The van der Waals surface area contributed by atoms with Crippen LogP contribution in [0, 0.1) is 11.6 Å². The Balaban J connectivity index is 1.94. The summed E-state index contributed by atoms with van der Waals surface area (Å²) in [4.78, 5) is 4.23. The summed E-state index contributed by atoms with van der Waals surface area (Å²) in [6, 6.07) is 8.64. The normalized spacial score (nSPS) is 10.8. The van der Waals surface area contributed by atoms with Gasteiger partial charge in [0.1, 0.15) is 5.75 Å². The summed E-state index contributed by atoms with van der Waals surface area (Å²) in [7, 11) is 0. The fourth-order valence-electron chi connectivity index (χ4n) is 1.60. The maximum Gasteiger partial charge on any atom is 0.279 e. The predicted molar refractivity (Wildman–Crippen MR) is 70.5 cm³/mol. The van der Waals surface area contributed by atoms with Crippen molar-refractivity contribution >= 4 is 27.2 Å². The van der Waals surface area contributed by atoms with Crippen LogP contribution in [-0.2, 0) is 0 Å². The molecule has 2 N–H and O–H groups in total. The quantitative estimate of drug-likeness (QED) is 0.722. The van der Waals surface area contributed by atoms with E-state index in [2.05, 4.69) is 4.98 Å². The van der Waals surface area contributed by atoms with Crippen molar-refractivity contribution in [2.45, 2.75) is 0 Å². The molecule has 0 aliphatic heterocycles. The highest BCUT2D eigenvalue weighted by Gasteiger charge is 2.08. The highest BCUT2D eigenvalue weighted by Crippen LogP contribution is 2.32. The van der Waals surface area contributed by atoms with Crippen molar-refractivity contribution in [1.82, 2.24) is 4.98 Å². The molecule has 0 aliphatic carbocycles. The van der Waals surface area contributed by atoms with Gasteiger partial charge in [-0.2, -0.15) is 0 Å². The number of fused-ring (bicyclic) bond motifs is 1. The Kier molecular flexibility index (Phi) is 2.79. The minimum atomic E-state index is -0.956. The fraction of sp³-hybridized carbons (Fsp3) is 0. The summed E-state index contributed by atoms with van der Waals surface area (Å²) >= 11 is 1.29. The van der Waals surface area contributed by atoms with Gasteiger partial charge in [0, 0.05) is 11.8 Å². The molecule has 0 atom stereocenters. The van der Waals surface area contributed by atoms with Crippen LogP contribution in [0.25, 0.3) is 10.2 Å². The van der Waals surface area contributed by atoms with E-state index in [0.717, 1.165) is 22.3 Å². The van der Waals surface area contributed by atoms with Gasteiger partial charge in [-0.1, -0.05) is 11.3 Å². The summed E-state index contributed by atoms with van der Waals surface area (Å²) in [5.41, 5.74) is 7.05. The van der Waals surface area contributed by atoms with Crippen molar-refractivity contribution < 1.29 is 13.5 Å². The first-order valence-corrected chi connectivity index (χ1v) is 6.22. The second-order valence-electron chi connectivity index (χ2n) is 3.88. The van der Waals surface area contributed by atoms with E-state index in [1.807, 2.05) is 0 Å². The number of halogens is 2. The summed E-state index contributed by atoms with van der Waals surface area (Å²) in [5, 5.41) is 0.353. The van der Waals surface area contributed by atoms with Crippen molar-refractivity contribution in [1.29, 1.82) is 0 Å². The molecule has 0 aliphatic rings. The van der Waals surface area contributed by atoms with Crippen LogP contribution in [0.4, 0.5) is 14.5 Å². The third-order valence-electron chi connectivity index (χ3n) is 2.49. The largest absolute Gasteiger partial charge is 0.431 e. The summed E-state index contributed by atoms with van der Waals surface area (Å²) in [6.07, 6.45) is 0. The monoisotopic (exact) mass is 278 g/mol. The zero-order valence-corrected chi connectivity index (χ0v) is 10.4. The Morgan fingerprint density at radius 2 is 1.89 bits per heavy atom. The number of aromatic nitrogens is 1. The van der Waals surface area contributed by atoms with Gasteiger partial charge in [-0.15, -0.1) is 0 Å². The van der Waals surface area contributed by atoms with Gasteiger partial charge in [-0.05, 0) is 30.3 Å². The highest BCUT2D eigenvalue weighted by molar-refractivity contribution is 7.20. The lowest BCUT2D eigenvalue weighted by molar-refractivity contribution is 0.460. The standard InChI is InChI=1S/C13H8F2N2OS/c14-9-3-2-8(6-10(9)15)18-13-17-11-4-1-7(16)5-12(11)19-13/h1-6H,16H2. The number of benzene rings is 2. The maximum atomic E-state index is 13.1. The molecule has 1 aromatic heterocycles. The number of hydrogen-bond donors (Lipinski definition) is 1. The number of thiazole rings is 1. The molecule has 0 fully saturated rings. The molecule has 6 heteroatoms. The Morgan fingerprint density at radius 3 is 2.68 bits per heavy atom. The van der Waals surface area contributed by atoms with E-state index in [4.69, 9.17) is 10.5 Å². The zero-order chi connectivity index (χ0) is 13.4. The van der Waals surface area contributed by atoms with E-state index in [0.29, 0.717) is 10.9 Å². The molecular weight excluding hydrogens is 270 g/mol. The molecule has 2 aromatic carbocycles. The van der Waals surface area contributed by atoms with E-state index in [-0.39, 0.29) is 5.75 Å².